The van der Waals surface area contributed by atoms with Gasteiger partial charge in [0, 0.05) is 21.0 Å². The highest BCUT2D eigenvalue weighted by molar-refractivity contribution is 5.65. The fourth-order valence-electron chi connectivity index (χ4n) is 0.203. The van der Waals surface area contributed by atoms with Gasteiger partial charge in [0.1, 0.15) is 0 Å². The molecule has 0 N–H and O–H groups in total. The van der Waals surface area contributed by atoms with E-state index in [-0.39, 0.29) is 5.97 Å². The molecular weight excluding hydrogens is 146 g/mol. The van der Waals surface area contributed by atoms with Crippen LogP contribution in [-0.4, -0.2) is 38.0 Å². The van der Waals surface area contributed by atoms with Gasteiger partial charge in [0.15, 0.2) is 0 Å². The summed E-state index contributed by atoms with van der Waals surface area (Å²) in [6, 6.07) is 0. The van der Waals surface area contributed by atoms with E-state index in [0.29, 0.717) is 6.61 Å². The molecule has 4 heteroatoms. The molecule has 1 amide bonds. The molecule has 11 heavy (non-hydrogen) atoms. The maximum absolute atomic E-state index is 9.82. The summed E-state index contributed by atoms with van der Waals surface area (Å²) in [7, 11) is 3.38. The topological polar surface area (TPSA) is 46.6 Å². The minimum Gasteiger partial charge on any atom is -0.466 e. The van der Waals surface area contributed by atoms with E-state index in [0.717, 1.165) is 6.41 Å². The number of amides is 1. The lowest BCUT2D eigenvalue weighted by Crippen LogP contribution is -2.06. The van der Waals surface area contributed by atoms with Crippen molar-refractivity contribution >= 4 is 12.4 Å². The molecule has 0 radical (unpaired) electrons. The maximum Gasteiger partial charge on any atom is 0.302 e. The second-order valence-corrected chi connectivity index (χ2v) is 1.99. The number of carbonyl (C=O) groups excluding carboxylic acids is 2. The number of hydrogen-bond acceptors (Lipinski definition) is 3. The largest absolute Gasteiger partial charge is 0.466 e. The second kappa shape index (κ2) is 8.94. The van der Waals surface area contributed by atoms with Crippen molar-refractivity contribution in [2.24, 2.45) is 0 Å². The number of ether oxygens (including phenoxy) is 1. The Morgan fingerprint density at radius 3 is 1.91 bits per heavy atom. The quantitative estimate of drug-likeness (QED) is 0.431. The maximum atomic E-state index is 9.82. The normalized spacial score (nSPS) is 7.27. The first kappa shape index (κ1) is 12.6. The first-order valence-corrected chi connectivity index (χ1v) is 3.29. The molecule has 0 atom stereocenters. The van der Waals surface area contributed by atoms with Gasteiger partial charge in [-0.25, -0.2) is 0 Å². The van der Waals surface area contributed by atoms with E-state index in [9.17, 15) is 9.59 Å². The van der Waals surface area contributed by atoms with Gasteiger partial charge in [-0.05, 0) is 6.92 Å². The van der Waals surface area contributed by atoms with E-state index in [1.54, 1.807) is 21.0 Å². The number of rotatable bonds is 2. The van der Waals surface area contributed by atoms with Crippen molar-refractivity contribution in [1.29, 1.82) is 0 Å². The van der Waals surface area contributed by atoms with Crippen LogP contribution in [0.5, 0.6) is 0 Å². The molecule has 0 aromatic heterocycles. The third kappa shape index (κ3) is 27.7. The zero-order valence-electron chi connectivity index (χ0n) is 7.46. The van der Waals surface area contributed by atoms with Gasteiger partial charge >= 0.3 is 5.97 Å². The molecule has 0 spiro atoms. The van der Waals surface area contributed by atoms with E-state index >= 15 is 0 Å². The Balaban J connectivity index is 0. The van der Waals surface area contributed by atoms with Gasteiger partial charge in [0.25, 0.3) is 0 Å². The van der Waals surface area contributed by atoms with Gasteiger partial charge < -0.3 is 9.64 Å². The Bertz CT molecular complexity index is 112. The average Bonchev–Trinajstić information content (AvgIpc) is 1.89. The molecule has 0 bridgehead atoms. The Hall–Kier alpha value is -1.06. The summed E-state index contributed by atoms with van der Waals surface area (Å²) in [6.45, 7) is 3.65. The number of carbonyl (C=O) groups is 2. The van der Waals surface area contributed by atoms with Crippen LogP contribution < -0.4 is 0 Å². The zero-order chi connectivity index (χ0) is 9.28. The monoisotopic (exact) mass is 161 g/mol. The average molecular weight is 161 g/mol. The van der Waals surface area contributed by atoms with E-state index in [1.807, 2.05) is 0 Å². The fraction of sp³-hybridized carbons (Fsp3) is 0.714. The SMILES string of the molecule is CCOC(C)=O.CN(C)C=O. The summed E-state index contributed by atoms with van der Waals surface area (Å²) < 4.78 is 4.40. The molecule has 0 aliphatic rings. The van der Waals surface area contributed by atoms with Crippen LogP contribution in [0, 0.1) is 0 Å². The summed E-state index contributed by atoms with van der Waals surface area (Å²) in [5.74, 6) is -0.211. The lowest BCUT2D eigenvalue weighted by Gasteiger charge is -1.93. The van der Waals surface area contributed by atoms with Crippen molar-refractivity contribution in [1.82, 2.24) is 4.90 Å². The van der Waals surface area contributed by atoms with Gasteiger partial charge in [0.05, 0.1) is 6.61 Å². The molecule has 4 nitrogen and oxygen atoms in total. The van der Waals surface area contributed by atoms with Gasteiger partial charge in [-0.3, -0.25) is 9.59 Å². The molecule has 0 rings (SSSR count). The van der Waals surface area contributed by atoms with Crippen molar-refractivity contribution in [2.45, 2.75) is 13.8 Å². The van der Waals surface area contributed by atoms with Crippen LogP contribution in [0.1, 0.15) is 13.8 Å². The van der Waals surface area contributed by atoms with Crippen LogP contribution in [0.25, 0.3) is 0 Å². The van der Waals surface area contributed by atoms with E-state index in [1.165, 1.54) is 11.8 Å². The number of nitrogens with zero attached hydrogens (tertiary/aromatic N) is 1. The van der Waals surface area contributed by atoms with Crippen LogP contribution in [0.2, 0.25) is 0 Å². The third-order valence-electron chi connectivity index (χ3n) is 0.558. The van der Waals surface area contributed by atoms with E-state index < -0.39 is 0 Å². The molecule has 66 valence electrons. The lowest BCUT2D eigenvalue weighted by atomic mass is 10.8. The molecule has 0 heterocycles. The van der Waals surface area contributed by atoms with E-state index in [4.69, 9.17) is 0 Å². The standard InChI is InChI=1S/C4H8O2.C3H7NO/c1-3-6-4(2)5;1-4(2)3-5/h3H2,1-2H3;3H,1-2H3. The Labute approximate surface area is 67.1 Å². The third-order valence-corrected chi connectivity index (χ3v) is 0.558. The van der Waals surface area contributed by atoms with E-state index in [2.05, 4.69) is 4.74 Å². The number of hydrogen-bond donors (Lipinski definition) is 0. The van der Waals surface area contributed by atoms with Crippen molar-refractivity contribution in [3.8, 4) is 0 Å². The molecule has 0 aromatic carbocycles. The van der Waals surface area contributed by atoms with Gasteiger partial charge in [-0.15, -0.1) is 0 Å². The van der Waals surface area contributed by atoms with Crippen LogP contribution >= 0.6 is 0 Å². The Kier molecular flexibility index (Phi) is 10.2. The van der Waals surface area contributed by atoms with Gasteiger partial charge in [0.2, 0.25) is 6.41 Å². The Morgan fingerprint density at radius 1 is 1.55 bits per heavy atom. The highest BCUT2D eigenvalue weighted by Gasteiger charge is 1.81. The fourth-order valence-corrected chi connectivity index (χ4v) is 0.203. The summed E-state index contributed by atoms with van der Waals surface area (Å²) in [6.07, 6.45) is 0.750. The molecule has 0 unspecified atom stereocenters. The lowest BCUT2D eigenvalue weighted by molar-refractivity contribution is -0.140. The predicted molar refractivity (Wildman–Crippen MR) is 42.1 cm³/mol. The van der Waals surface area contributed by atoms with Crippen LogP contribution in [0.4, 0.5) is 0 Å². The molecular formula is C7H15NO3. The van der Waals surface area contributed by atoms with Crippen molar-refractivity contribution in [2.75, 3.05) is 20.7 Å². The molecule has 0 aliphatic heterocycles. The van der Waals surface area contributed by atoms with Gasteiger partial charge in [-0.1, -0.05) is 0 Å². The van der Waals surface area contributed by atoms with Crippen molar-refractivity contribution in [3.05, 3.63) is 0 Å². The van der Waals surface area contributed by atoms with Gasteiger partial charge in [-0.2, -0.15) is 0 Å². The molecule has 0 saturated carbocycles. The highest BCUT2D eigenvalue weighted by Crippen LogP contribution is 1.69. The molecule has 0 saturated heterocycles. The minimum absolute atomic E-state index is 0.211. The minimum atomic E-state index is -0.211. The van der Waals surface area contributed by atoms with Crippen LogP contribution in [-0.2, 0) is 14.3 Å². The smallest absolute Gasteiger partial charge is 0.302 e. The summed E-state index contributed by atoms with van der Waals surface area (Å²) in [5, 5.41) is 0. The first-order chi connectivity index (χ1) is 5.04. The number of esters is 1. The molecule has 0 aliphatic carbocycles. The van der Waals surface area contributed by atoms with Crippen LogP contribution in [0.3, 0.4) is 0 Å². The summed E-state index contributed by atoms with van der Waals surface area (Å²) in [5.41, 5.74) is 0. The molecule has 0 aromatic rings. The highest BCUT2D eigenvalue weighted by atomic mass is 16.5. The zero-order valence-corrected chi connectivity index (χ0v) is 7.46. The predicted octanol–water partition coefficient (Wildman–Crippen LogP) is 0.274. The summed E-state index contributed by atoms with van der Waals surface area (Å²) >= 11 is 0. The van der Waals surface area contributed by atoms with Crippen LogP contribution in [0.15, 0.2) is 0 Å². The second-order valence-electron chi connectivity index (χ2n) is 1.99. The summed E-state index contributed by atoms with van der Waals surface area (Å²) in [4.78, 5) is 20.7. The van der Waals surface area contributed by atoms with Crippen molar-refractivity contribution in [3.63, 3.8) is 0 Å². The Morgan fingerprint density at radius 2 is 1.91 bits per heavy atom. The molecule has 0 fully saturated rings. The first-order valence-electron chi connectivity index (χ1n) is 3.29. The van der Waals surface area contributed by atoms with Crippen molar-refractivity contribution < 1.29 is 14.3 Å².